The largest absolute Gasteiger partial charge is 0.384 e. The van der Waals surface area contributed by atoms with Crippen molar-refractivity contribution in [3.05, 3.63) is 57.9 Å². The predicted octanol–water partition coefficient (Wildman–Crippen LogP) is 1.64. The van der Waals surface area contributed by atoms with Gasteiger partial charge in [-0.2, -0.15) is 0 Å². The molecule has 0 bridgehead atoms. The summed E-state index contributed by atoms with van der Waals surface area (Å²) < 4.78 is 1.52. The van der Waals surface area contributed by atoms with Crippen LogP contribution in [-0.2, 0) is 7.05 Å². The van der Waals surface area contributed by atoms with Crippen LogP contribution in [0.15, 0.2) is 41.2 Å². The Labute approximate surface area is 105 Å². The van der Waals surface area contributed by atoms with Gasteiger partial charge in [-0.15, -0.1) is 0 Å². The number of aryl methyl sites for hydroxylation is 1. The standard InChI is InChI=1S/C14H15N3O/c1-9-3-5-10(6-4-9)12-8-7-11(13(15)16)14(18)17(12)2/h3-8H,1-2H3,(H3,15,16). The van der Waals surface area contributed by atoms with E-state index in [1.807, 2.05) is 37.3 Å². The second-order valence-electron chi connectivity index (χ2n) is 4.28. The van der Waals surface area contributed by atoms with Crippen LogP contribution < -0.4 is 11.3 Å². The molecule has 1 heterocycles. The van der Waals surface area contributed by atoms with E-state index in [-0.39, 0.29) is 17.0 Å². The Morgan fingerprint density at radius 3 is 2.33 bits per heavy atom. The summed E-state index contributed by atoms with van der Waals surface area (Å²) in [7, 11) is 1.68. The molecule has 0 saturated carbocycles. The molecular weight excluding hydrogens is 226 g/mol. The Morgan fingerprint density at radius 2 is 1.78 bits per heavy atom. The minimum absolute atomic E-state index is 0.203. The van der Waals surface area contributed by atoms with Crippen LogP contribution in [0.25, 0.3) is 11.3 Å². The SMILES string of the molecule is Cc1ccc(-c2ccc(C(=N)N)c(=O)n2C)cc1. The number of pyridine rings is 1. The van der Waals surface area contributed by atoms with Gasteiger partial charge in [0.2, 0.25) is 0 Å². The number of nitrogen functional groups attached to an aromatic ring is 1. The minimum atomic E-state index is -0.249. The summed E-state index contributed by atoms with van der Waals surface area (Å²) in [6, 6.07) is 11.3. The average molecular weight is 241 g/mol. The number of benzene rings is 1. The number of amidine groups is 1. The predicted molar refractivity (Wildman–Crippen MR) is 72.9 cm³/mol. The Morgan fingerprint density at radius 1 is 1.17 bits per heavy atom. The van der Waals surface area contributed by atoms with E-state index in [0.717, 1.165) is 11.3 Å². The summed E-state index contributed by atoms with van der Waals surface area (Å²) in [5.74, 6) is -0.203. The van der Waals surface area contributed by atoms with E-state index >= 15 is 0 Å². The fraction of sp³-hybridized carbons (Fsp3) is 0.143. The number of hydrogen-bond donors (Lipinski definition) is 2. The Bertz CT molecular complexity index is 654. The van der Waals surface area contributed by atoms with Gasteiger partial charge in [-0.1, -0.05) is 29.8 Å². The van der Waals surface area contributed by atoms with E-state index in [1.54, 1.807) is 13.1 Å². The zero-order valence-corrected chi connectivity index (χ0v) is 10.4. The molecule has 0 fully saturated rings. The maximum Gasteiger partial charge on any atom is 0.261 e. The molecule has 2 aromatic rings. The fourth-order valence-corrected chi connectivity index (χ4v) is 1.85. The van der Waals surface area contributed by atoms with Crippen molar-refractivity contribution in [1.29, 1.82) is 5.41 Å². The highest BCUT2D eigenvalue weighted by molar-refractivity contribution is 5.94. The van der Waals surface area contributed by atoms with Crippen LogP contribution in [0.4, 0.5) is 0 Å². The van der Waals surface area contributed by atoms with Gasteiger partial charge >= 0.3 is 0 Å². The van der Waals surface area contributed by atoms with Crippen molar-refractivity contribution in [3.63, 3.8) is 0 Å². The molecule has 1 aromatic carbocycles. The van der Waals surface area contributed by atoms with Crippen LogP contribution in [0, 0.1) is 12.3 Å². The molecule has 92 valence electrons. The molecule has 1 aromatic heterocycles. The van der Waals surface area contributed by atoms with Crippen molar-refractivity contribution < 1.29 is 0 Å². The van der Waals surface area contributed by atoms with E-state index in [2.05, 4.69) is 0 Å². The first kappa shape index (κ1) is 12.1. The molecule has 0 aliphatic rings. The van der Waals surface area contributed by atoms with Crippen molar-refractivity contribution in [3.8, 4) is 11.3 Å². The maximum atomic E-state index is 12.0. The normalized spacial score (nSPS) is 10.3. The lowest BCUT2D eigenvalue weighted by molar-refractivity contribution is 0.866. The summed E-state index contributed by atoms with van der Waals surface area (Å²) in [6.45, 7) is 2.02. The van der Waals surface area contributed by atoms with E-state index < -0.39 is 0 Å². The second kappa shape index (κ2) is 4.49. The lowest BCUT2D eigenvalue weighted by Crippen LogP contribution is -2.28. The number of nitrogens with zero attached hydrogens (tertiary/aromatic N) is 1. The van der Waals surface area contributed by atoms with Gasteiger partial charge in [0, 0.05) is 7.05 Å². The Hall–Kier alpha value is -2.36. The molecule has 0 spiro atoms. The van der Waals surface area contributed by atoms with Gasteiger partial charge in [-0.05, 0) is 24.6 Å². The van der Waals surface area contributed by atoms with Crippen molar-refractivity contribution in [2.24, 2.45) is 12.8 Å². The summed E-state index contributed by atoms with van der Waals surface area (Å²) in [5.41, 5.74) is 8.29. The van der Waals surface area contributed by atoms with E-state index in [0.29, 0.717) is 0 Å². The van der Waals surface area contributed by atoms with Gasteiger partial charge < -0.3 is 10.3 Å². The average Bonchev–Trinajstić information content (AvgIpc) is 2.33. The van der Waals surface area contributed by atoms with Gasteiger partial charge in [-0.25, -0.2) is 0 Å². The first-order valence-electron chi connectivity index (χ1n) is 5.62. The Balaban J connectivity index is 2.61. The van der Waals surface area contributed by atoms with Crippen LogP contribution in [0.1, 0.15) is 11.1 Å². The van der Waals surface area contributed by atoms with Crippen LogP contribution in [0.5, 0.6) is 0 Å². The molecular formula is C14H15N3O. The van der Waals surface area contributed by atoms with Crippen molar-refractivity contribution in [2.45, 2.75) is 6.92 Å². The smallest absolute Gasteiger partial charge is 0.261 e. The maximum absolute atomic E-state index is 12.0. The van der Waals surface area contributed by atoms with Gasteiger partial charge in [-0.3, -0.25) is 10.2 Å². The molecule has 0 atom stereocenters. The highest BCUT2D eigenvalue weighted by Crippen LogP contribution is 2.18. The van der Waals surface area contributed by atoms with Crippen molar-refractivity contribution in [2.75, 3.05) is 0 Å². The Kier molecular flexibility index (Phi) is 3.02. The van der Waals surface area contributed by atoms with Gasteiger partial charge in [0.05, 0.1) is 11.3 Å². The van der Waals surface area contributed by atoms with Crippen LogP contribution >= 0.6 is 0 Å². The number of hydrogen-bond acceptors (Lipinski definition) is 2. The highest BCUT2D eigenvalue weighted by Gasteiger charge is 2.09. The summed E-state index contributed by atoms with van der Waals surface area (Å²) in [5, 5.41) is 7.34. The first-order chi connectivity index (χ1) is 8.50. The molecule has 3 N–H and O–H groups in total. The third-order valence-electron chi connectivity index (χ3n) is 2.94. The minimum Gasteiger partial charge on any atom is -0.384 e. The summed E-state index contributed by atoms with van der Waals surface area (Å²) in [4.78, 5) is 12.0. The molecule has 0 saturated heterocycles. The van der Waals surface area contributed by atoms with Gasteiger partial charge in [0.15, 0.2) is 0 Å². The topological polar surface area (TPSA) is 71.9 Å². The molecule has 4 heteroatoms. The van der Waals surface area contributed by atoms with Crippen LogP contribution in [0.3, 0.4) is 0 Å². The summed E-state index contributed by atoms with van der Waals surface area (Å²) in [6.07, 6.45) is 0. The van der Waals surface area contributed by atoms with Crippen LogP contribution in [-0.4, -0.2) is 10.4 Å². The third-order valence-corrected chi connectivity index (χ3v) is 2.94. The van der Waals surface area contributed by atoms with Crippen LogP contribution in [0.2, 0.25) is 0 Å². The molecule has 4 nitrogen and oxygen atoms in total. The van der Waals surface area contributed by atoms with Gasteiger partial charge in [0.25, 0.3) is 5.56 Å². The van der Waals surface area contributed by atoms with Crippen molar-refractivity contribution >= 4 is 5.84 Å². The zero-order valence-electron chi connectivity index (χ0n) is 10.4. The molecule has 0 aliphatic heterocycles. The number of nitrogens with two attached hydrogens (primary N) is 1. The van der Waals surface area contributed by atoms with Gasteiger partial charge in [0.1, 0.15) is 5.84 Å². The van der Waals surface area contributed by atoms with E-state index in [9.17, 15) is 4.79 Å². The molecule has 2 rings (SSSR count). The number of aromatic nitrogens is 1. The summed E-state index contributed by atoms with van der Waals surface area (Å²) >= 11 is 0. The lowest BCUT2D eigenvalue weighted by atomic mass is 10.1. The number of rotatable bonds is 2. The molecule has 18 heavy (non-hydrogen) atoms. The monoisotopic (exact) mass is 241 g/mol. The first-order valence-corrected chi connectivity index (χ1v) is 5.62. The highest BCUT2D eigenvalue weighted by atomic mass is 16.1. The van der Waals surface area contributed by atoms with E-state index in [4.69, 9.17) is 11.1 Å². The molecule has 0 radical (unpaired) electrons. The molecule has 0 unspecified atom stereocenters. The lowest BCUT2D eigenvalue weighted by Gasteiger charge is -2.10. The molecule has 0 aliphatic carbocycles. The third kappa shape index (κ3) is 2.05. The quantitative estimate of drug-likeness (QED) is 0.619. The van der Waals surface area contributed by atoms with E-state index in [1.165, 1.54) is 10.1 Å². The van der Waals surface area contributed by atoms with Crippen molar-refractivity contribution in [1.82, 2.24) is 4.57 Å². The molecule has 0 amide bonds. The fourth-order valence-electron chi connectivity index (χ4n) is 1.85. The zero-order chi connectivity index (χ0) is 13.3. The number of nitrogens with one attached hydrogen (secondary N) is 1. The second-order valence-corrected chi connectivity index (χ2v) is 4.28.